The Morgan fingerprint density at radius 2 is 1.72 bits per heavy atom. The first-order valence-corrected chi connectivity index (χ1v) is 12.4. The molecule has 4 heteroatoms. The molecule has 0 aromatic carbocycles. The molecule has 3 fully saturated rings. The maximum Gasteiger partial charge on any atom is 0.222 e. The largest absolute Gasteiger partial charge is 0.504 e. The topological polar surface area (TPSA) is 74.6 Å². The van der Waals surface area contributed by atoms with Crippen molar-refractivity contribution in [1.82, 2.24) is 0 Å². The highest BCUT2D eigenvalue weighted by Crippen LogP contribution is 2.71. The average Bonchev–Trinajstić information content (AvgIpc) is 2.70. The third kappa shape index (κ3) is 2.48. The van der Waals surface area contributed by atoms with E-state index in [4.69, 9.17) is 0 Å². The molecule has 7 atom stereocenters. The molecule has 174 valence electrons. The van der Waals surface area contributed by atoms with E-state index in [1.165, 1.54) is 5.57 Å². The van der Waals surface area contributed by atoms with Gasteiger partial charge in [-0.05, 0) is 74.2 Å². The number of ketones is 2. The van der Waals surface area contributed by atoms with E-state index in [-0.39, 0.29) is 45.9 Å². The van der Waals surface area contributed by atoms with Crippen LogP contribution in [0.25, 0.3) is 0 Å². The van der Waals surface area contributed by atoms with Crippen LogP contribution in [0.3, 0.4) is 0 Å². The first-order chi connectivity index (χ1) is 14.8. The minimum atomic E-state index is -0.998. The molecule has 5 rings (SSSR count). The van der Waals surface area contributed by atoms with Gasteiger partial charge in [0.05, 0.1) is 0 Å². The molecule has 0 spiro atoms. The van der Waals surface area contributed by atoms with E-state index in [2.05, 4.69) is 40.7 Å². The second-order valence-corrected chi connectivity index (χ2v) is 12.7. The predicted molar refractivity (Wildman–Crippen MR) is 124 cm³/mol. The number of aliphatic hydroxyl groups is 2. The van der Waals surface area contributed by atoms with Crippen molar-refractivity contribution in [2.75, 3.05) is 0 Å². The summed E-state index contributed by atoms with van der Waals surface area (Å²) in [6.45, 7) is 13.0. The third-order valence-electron chi connectivity index (χ3n) is 10.8. The number of carbonyl (C=O) groups excluding carboxylic acids is 2. The normalized spacial score (nSPS) is 47.6. The lowest BCUT2D eigenvalue weighted by atomic mass is 9.37. The van der Waals surface area contributed by atoms with Crippen molar-refractivity contribution in [2.24, 2.45) is 39.4 Å². The summed E-state index contributed by atoms with van der Waals surface area (Å²) >= 11 is 0. The lowest BCUT2D eigenvalue weighted by molar-refractivity contribution is -0.168. The van der Waals surface area contributed by atoms with Crippen LogP contribution in [0, 0.1) is 39.4 Å². The van der Waals surface area contributed by atoms with Gasteiger partial charge in [-0.2, -0.15) is 0 Å². The molecule has 0 aromatic heterocycles. The molecule has 7 unspecified atom stereocenters. The molecule has 0 bridgehead atoms. The highest BCUT2D eigenvalue weighted by atomic mass is 16.3. The summed E-state index contributed by atoms with van der Waals surface area (Å²) in [4.78, 5) is 26.1. The monoisotopic (exact) mass is 438 g/mol. The van der Waals surface area contributed by atoms with Crippen LogP contribution in [0.2, 0.25) is 0 Å². The predicted octanol–water partition coefficient (Wildman–Crippen LogP) is 5.47. The Bertz CT molecular complexity index is 1010. The summed E-state index contributed by atoms with van der Waals surface area (Å²) in [6.07, 6.45) is 8.43. The van der Waals surface area contributed by atoms with Crippen molar-refractivity contribution in [2.45, 2.75) is 86.2 Å². The van der Waals surface area contributed by atoms with Gasteiger partial charge >= 0.3 is 0 Å². The Labute approximate surface area is 191 Å². The maximum absolute atomic E-state index is 13.6. The quantitative estimate of drug-likeness (QED) is 0.492. The molecule has 5 aliphatic carbocycles. The average molecular weight is 439 g/mol. The van der Waals surface area contributed by atoms with Crippen LogP contribution >= 0.6 is 0 Å². The molecular formula is C28H38O4. The Hall–Kier alpha value is -1.68. The standard InChI is InChI=1S/C28H38O4/c1-15-18-10-12-27(5)21(26(18,4)14-20(29)22(15)30)8-7-19-17-13-25(2,3)11-9-16(17)23(31)24(32)28(19,27)6/h7,14,16-17,21,24,29,32H,8-13H2,1-6H3. The number of Topliss-reactive ketones (excluding diaryl/α,β-unsaturated/α-hetero) is 2. The van der Waals surface area contributed by atoms with Crippen LogP contribution in [0.1, 0.15) is 80.1 Å². The van der Waals surface area contributed by atoms with E-state index in [0.717, 1.165) is 44.1 Å². The molecule has 5 aliphatic rings. The summed E-state index contributed by atoms with van der Waals surface area (Å²) in [5.41, 5.74) is 1.90. The fourth-order valence-electron chi connectivity index (χ4n) is 8.82. The van der Waals surface area contributed by atoms with E-state index >= 15 is 0 Å². The zero-order chi connectivity index (χ0) is 23.4. The molecule has 4 nitrogen and oxygen atoms in total. The molecule has 3 saturated carbocycles. The number of aliphatic hydroxyl groups excluding tert-OH is 2. The number of allylic oxidation sites excluding steroid dienone is 4. The number of rotatable bonds is 0. The van der Waals surface area contributed by atoms with Gasteiger partial charge in [0, 0.05) is 22.3 Å². The van der Waals surface area contributed by atoms with Crippen molar-refractivity contribution in [1.29, 1.82) is 0 Å². The van der Waals surface area contributed by atoms with Crippen LogP contribution in [0.5, 0.6) is 0 Å². The van der Waals surface area contributed by atoms with Crippen LogP contribution in [0.15, 0.2) is 34.6 Å². The fourth-order valence-corrected chi connectivity index (χ4v) is 8.82. The van der Waals surface area contributed by atoms with Crippen molar-refractivity contribution in [3.63, 3.8) is 0 Å². The molecule has 2 N–H and O–H groups in total. The highest BCUT2D eigenvalue weighted by molar-refractivity contribution is 6.08. The molecule has 32 heavy (non-hydrogen) atoms. The van der Waals surface area contributed by atoms with Crippen molar-refractivity contribution in [3.8, 4) is 0 Å². The van der Waals surface area contributed by atoms with E-state index < -0.39 is 16.9 Å². The molecule has 0 heterocycles. The van der Waals surface area contributed by atoms with E-state index in [1.54, 1.807) is 6.08 Å². The number of fused-ring (bicyclic) bond motifs is 7. The van der Waals surface area contributed by atoms with Crippen LogP contribution < -0.4 is 0 Å². The summed E-state index contributed by atoms with van der Waals surface area (Å²) < 4.78 is 0. The lowest BCUT2D eigenvalue weighted by Gasteiger charge is -2.67. The van der Waals surface area contributed by atoms with Gasteiger partial charge in [-0.15, -0.1) is 0 Å². The molecule has 0 amide bonds. The summed E-state index contributed by atoms with van der Waals surface area (Å²) in [6, 6.07) is 0. The summed E-state index contributed by atoms with van der Waals surface area (Å²) in [5.74, 6) is -0.140. The first kappa shape index (κ1) is 22.1. The van der Waals surface area contributed by atoms with Gasteiger partial charge < -0.3 is 10.2 Å². The number of carbonyl (C=O) groups is 2. The minimum Gasteiger partial charge on any atom is -0.504 e. The SMILES string of the molecule is CC1=C2CCC3(C)C(CC=C4C5CC(C)(C)CCC5C(=O)C(O)C43C)C2(C)C=C(O)C1=O. The third-order valence-corrected chi connectivity index (χ3v) is 10.8. The van der Waals surface area contributed by atoms with Gasteiger partial charge in [0.1, 0.15) is 6.10 Å². The van der Waals surface area contributed by atoms with Gasteiger partial charge in [-0.1, -0.05) is 51.8 Å². The van der Waals surface area contributed by atoms with E-state index in [1.807, 2.05) is 6.92 Å². The van der Waals surface area contributed by atoms with E-state index in [0.29, 0.717) is 5.57 Å². The molecule has 0 saturated heterocycles. The Kier molecular flexibility index (Phi) is 4.47. The van der Waals surface area contributed by atoms with Crippen LogP contribution in [0.4, 0.5) is 0 Å². The molecule has 0 aromatic rings. The summed E-state index contributed by atoms with van der Waals surface area (Å²) in [5, 5.41) is 22.1. The second-order valence-electron chi connectivity index (χ2n) is 12.7. The Balaban J connectivity index is 1.68. The Morgan fingerprint density at radius 3 is 2.41 bits per heavy atom. The molecular weight excluding hydrogens is 400 g/mol. The number of hydrogen-bond donors (Lipinski definition) is 2. The lowest BCUT2D eigenvalue weighted by Crippen LogP contribution is -2.65. The molecule has 0 radical (unpaired) electrons. The smallest absolute Gasteiger partial charge is 0.222 e. The van der Waals surface area contributed by atoms with Gasteiger partial charge in [0.2, 0.25) is 5.78 Å². The van der Waals surface area contributed by atoms with Gasteiger partial charge in [-0.25, -0.2) is 0 Å². The van der Waals surface area contributed by atoms with E-state index in [9.17, 15) is 19.8 Å². The number of hydrogen-bond acceptors (Lipinski definition) is 4. The van der Waals surface area contributed by atoms with Crippen LogP contribution in [-0.2, 0) is 9.59 Å². The zero-order valence-corrected chi connectivity index (χ0v) is 20.4. The Morgan fingerprint density at radius 1 is 1.03 bits per heavy atom. The van der Waals surface area contributed by atoms with Crippen LogP contribution in [-0.4, -0.2) is 27.9 Å². The van der Waals surface area contributed by atoms with Crippen molar-refractivity contribution in [3.05, 3.63) is 34.6 Å². The minimum absolute atomic E-state index is 0.0342. The van der Waals surface area contributed by atoms with Gasteiger partial charge in [0.25, 0.3) is 0 Å². The zero-order valence-electron chi connectivity index (χ0n) is 20.4. The van der Waals surface area contributed by atoms with Crippen molar-refractivity contribution >= 4 is 11.6 Å². The second kappa shape index (κ2) is 6.46. The van der Waals surface area contributed by atoms with Gasteiger partial charge in [0.15, 0.2) is 11.5 Å². The maximum atomic E-state index is 13.6. The highest BCUT2D eigenvalue weighted by Gasteiger charge is 2.68. The molecule has 0 aliphatic heterocycles. The van der Waals surface area contributed by atoms with Crippen molar-refractivity contribution < 1.29 is 19.8 Å². The summed E-state index contributed by atoms with van der Waals surface area (Å²) in [7, 11) is 0. The fraction of sp³-hybridized carbons (Fsp3) is 0.714. The van der Waals surface area contributed by atoms with Gasteiger partial charge in [-0.3, -0.25) is 9.59 Å². The first-order valence-electron chi connectivity index (χ1n) is 12.4.